The van der Waals surface area contributed by atoms with E-state index in [4.69, 9.17) is 32.7 Å². The van der Waals surface area contributed by atoms with E-state index in [9.17, 15) is 22.8 Å². The number of rotatable bonds is 7. The minimum atomic E-state index is -4.45. The van der Waals surface area contributed by atoms with Crippen LogP contribution in [0.25, 0.3) is 10.9 Å². The molecule has 0 unspecified atom stereocenters. The van der Waals surface area contributed by atoms with Crippen molar-refractivity contribution in [3.8, 4) is 0 Å². The van der Waals surface area contributed by atoms with Gasteiger partial charge in [-0.15, -0.1) is 0 Å². The summed E-state index contributed by atoms with van der Waals surface area (Å²) in [6, 6.07) is 7.29. The third-order valence-corrected chi connectivity index (χ3v) is 7.83. The van der Waals surface area contributed by atoms with Gasteiger partial charge < -0.3 is 18.9 Å². The number of fused-ring (bicyclic) bond motifs is 1. The Morgan fingerprint density at radius 2 is 1.79 bits per heavy atom. The fraction of sp³-hybridized carbons (Fsp3) is 0.429. The van der Waals surface area contributed by atoms with Crippen molar-refractivity contribution in [2.24, 2.45) is 7.05 Å². The molecule has 39 heavy (non-hydrogen) atoms. The number of halogens is 5. The molecule has 210 valence electrons. The van der Waals surface area contributed by atoms with Crippen molar-refractivity contribution in [2.75, 3.05) is 26.3 Å². The lowest BCUT2D eigenvalue weighted by atomic mass is 10.0. The highest BCUT2D eigenvalue weighted by Gasteiger charge is 2.32. The van der Waals surface area contributed by atoms with Gasteiger partial charge in [-0.05, 0) is 68.1 Å². The molecule has 1 aliphatic rings. The molecular formula is C28H29Cl2F3N2O4. The zero-order valence-corrected chi connectivity index (χ0v) is 23.3. The number of ether oxygens (including phenoxy) is 2. The summed E-state index contributed by atoms with van der Waals surface area (Å²) in [7, 11) is 1.70. The van der Waals surface area contributed by atoms with Crippen LogP contribution >= 0.6 is 23.2 Å². The van der Waals surface area contributed by atoms with Gasteiger partial charge in [0.2, 0.25) is 0 Å². The van der Waals surface area contributed by atoms with Crippen LogP contribution in [0.1, 0.15) is 52.5 Å². The zero-order chi connectivity index (χ0) is 28.5. The second-order valence-electron chi connectivity index (χ2n) is 9.59. The van der Waals surface area contributed by atoms with Crippen molar-refractivity contribution in [1.29, 1.82) is 0 Å². The molecule has 1 aliphatic heterocycles. The fourth-order valence-electron chi connectivity index (χ4n) is 4.89. The van der Waals surface area contributed by atoms with Crippen LogP contribution in [0.2, 0.25) is 10.0 Å². The first kappa shape index (κ1) is 29.2. The highest BCUT2D eigenvalue weighted by atomic mass is 35.5. The number of piperidine rings is 1. The summed E-state index contributed by atoms with van der Waals surface area (Å²) >= 11 is 13.2. The van der Waals surface area contributed by atoms with E-state index >= 15 is 0 Å². The van der Waals surface area contributed by atoms with Crippen LogP contribution in [0.5, 0.6) is 0 Å². The third kappa shape index (κ3) is 6.36. The van der Waals surface area contributed by atoms with Crippen molar-refractivity contribution in [2.45, 2.75) is 45.4 Å². The molecule has 0 atom stereocenters. The van der Waals surface area contributed by atoms with Crippen LogP contribution in [0.15, 0.2) is 30.3 Å². The molecule has 3 aromatic rings. The number of aromatic nitrogens is 1. The minimum Gasteiger partial charge on any atom is -0.464 e. The van der Waals surface area contributed by atoms with E-state index in [1.807, 2.05) is 6.07 Å². The van der Waals surface area contributed by atoms with Gasteiger partial charge in [-0.1, -0.05) is 23.2 Å². The molecule has 6 nitrogen and oxygen atoms in total. The van der Waals surface area contributed by atoms with E-state index in [0.717, 1.165) is 12.1 Å². The summed E-state index contributed by atoms with van der Waals surface area (Å²) in [5.41, 5.74) is 1.79. The number of hydrogen-bond acceptors (Lipinski definition) is 4. The predicted octanol–water partition coefficient (Wildman–Crippen LogP) is 6.59. The molecule has 0 radical (unpaired) electrons. The second kappa shape index (κ2) is 11.8. The Balaban J connectivity index is 1.52. The first-order valence-electron chi connectivity index (χ1n) is 12.6. The van der Waals surface area contributed by atoms with Gasteiger partial charge in [-0.3, -0.25) is 4.79 Å². The molecule has 0 spiro atoms. The molecule has 0 N–H and O–H groups in total. The normalized spacial score (nSPS) is 14.7. The van der Waals surface area contributed by atoms with Crippen LogP contribution < -0.4 is 0 Å². The van der Waals surface area contributed by atoms with Crippen molar-refractivity contribution >= 4 is 46.0 Å². The van der Waals surface area contributed by atoms with Gasteiger partial charge in [0.1, 0.15) is 6.61 Å². The third-order valence-electron chi connectivity index (χ3n) is 7.04. The van der Waals surface area contributed by atoms with E-state index in [-0.39, 0.29) is 36.7 Å². The van der Waals surface area contributed by atoms with Crippen LogP contribution in [-0.2, 0) is 33.9 Å². The Morgan fingerprint density at radius 1 is 1.10 bits per heavy atom. The molecule has 1 amide bonds. The number of carbonyl (C=O) groups is 2. The summed E-state index contributed by atoms with van der Waals surface area (Å²) in [4.78, 5) is 26.6. The molecule has 0 aliphatic carbocycles. The number of likely N-dealkylation sites (tertiary alicyclic amines) is 1. The number of carbonyl (C=O) groups excluding carboxylic acids is 2. The number of alkyl halides is 3. The second-order valence-corrected chi connectivity index (χ2v) is 10.4. The summed E-state index contributed by atoms with van der Waals surface area (Å²) in [6.45, 7) is 4.41. The number of esters is 1. The summed E-state index contributed by atoms with van der Waals surface area (Å²) < 4.78 is 52.3. The number of hydrogen-bond donors (Lipinski definition) is 0. The van der Waals surface area contributed by atoms with E-state index < -0.39 is 17.7 Å². The molecule has 0 saturated carbocycles. The molecule has 4 rings (SSSR count). The number of aryl methyl sites for hydroxylation is 2. The molecule has 11 heteroatoms. The molecule has 1 aromatic heterocycles. The van der Waals surface area contributed by atoms with Crippen molar-refractivity contribution in [3.05, 3.63) is 68.3 Å². The Labute approximate surface area is 234 Å². The summed E-state index contributed by atoms with van der Waals surface area (Å²) in [5.74, 6) is -0.664. The van der Waals surface area contributed by atoms with Crippen molar-refractivity contribution in [3.63, 3.8) is 0 Å². The number of benzene rings is 2. The predicted molar refractivity (Wildman–Crippen MR) is 143 cm³/mol. The average molecular weight is 585 g/mol. The largest absolute Gasteiger partial charge is 0.464 e. The highest BCUT2D eigenvalue weighted by molar-refractivity contribution is 6.38. The standard InChI is InChI=1S/C28H29Cl2F3N2O4/c1-4-38-25(36)15-39-19-7-9-35(10-8-19)27(37)20-5-6-23(29)22(26(20)30)14-18-13-21-16(2)11-17(28(31,32)33)12-24(21)34(18)3/h5-6,11-13,19H,4,7-10,14-15H2,1-3H3. The average Bonchev–Trinajstić information content (AvgIpc) is 3.20. The molecule has 0 bridgehead atoms. The highest BCUT2D eigenvalue weighted by Crippen LogP contribution is 2.36. The number of amides is 1. The van der Waals surface area contributed by atoms with Crippen molar-refractivity contribution < 1.29 is 32.2 Å². The SMILES string of the molecule is CCOC(=O)COC1CCN(C(=O)c2ccc(Cl)c(Cc3cc4c(C)cc(C(F)(F)F)cc4n3C)c2Cl)CC1. The lowest BCUT2D eigenvalue weighted by molar-refractivity contribution is -0.151. The van der Waals surface area contributed by atoms with Gasteiger partial charge in [0.15, 0.2) is 0 Å². The zero-order valence-electron chi connectivity index (χ0n) is 21.8. The maximum atomic E-state index is 13.4. The monoisotopic (exact) mass is 584 g/mol. The van der Waals surface area contributed by atoms with E-state index in [1.54, 1.807) is 42.5 Å². The Morgan fingerprint density at radius 3 is 2.44 bits per heavy atom. The Hall–Kier alpha value is -2.75. The molecule has 2 aromatic carbocycles. The molecular weight excluding hydrogens is 556 g/mol. The minimum absolute atomic E-state index is 0.121. The van der Waals surface area contributed by atoms with E-state index in [1.165, 1.54) is 0 Å². The topological polar surface area (TPSA) is 60.8 Å². The van der Waals surface area contributed by atoms with Gasteiger partial charge in [0.05, 0.1) is 28.9 Å². The number of nitrogens with zero attached hydrogens (tertiary/aromatic N) is 2. The molecule has 1 saturated heterocycles. The van der Waals surface area contributed by atoms with E-state index in [0.29, 0.717) is 64.2 Å². The first-order chi connectivity index (χ1) is 18.4. The van der Waals surface area contributed by atoms with Crippen LogP contribution in [0, 0.1) is 6.92 Å². The lowest BCUT2D eigenvalue weighted by Gasteiger charge is -2.32. The van der Waals surface area contributed by atoms with Crippen LogP contribution in [0.3, 0.4) is 0 Å². The molecule has 2 heterocycles. The van der Waals surface area contributed by atoms with Gasteiger partial charge in [0, 0.05) is 48.2 Å². The fourth-order valence-corrected chi connectivity index (χ4v) is 5.47. The molecule has 1 fully saturated rings. The van der Waals surface area contributed by atoms with Gasteiger partial charge in [-0.25, -0.2) is 4.79 Å². The van der Waals surface area contributed by atoms with Gasteiger partial charge in [0.25, 0.3) is 5.91 Å². The maximum Gasteiger partial charge on any atom is 0.416 e. The van der Waals surface area contributed by atoms with Crippen LogP contribution in [-0.4, -0.2) is 53.8 Å². The van der Waals surface area contributed by atoms with Crippen molar-refractivity contribution in [1.82, 2.24) is 9.47 Å². The summed E-state index contributed by atoms with van der Waals surface area (Å²) in [6.07, 6.45) is -3.24. The van der Waals surface area contributed by atoms with Gasteiger partial charge in [-0.2, -0.15) is 13.2 Å². The van der Waals surface area contributed by atoms with Gasteiger partial charge >= 0.3 is 12.1 Å². The maximum absolute atomic E-state index is 13.4. The Bertz CT molecular complexity index is 1400. The smallest absolute Gasteiger partial charge is 0.416 e. The quantitative estimate of drug-likeness (QED) is 0.294. The first-order valence-corrected chi connectivity index (χ1v) is 13.4. The summed E-state index contributed by atoms with van der Waals surface area (Å²) in [5, 5.41) is 1.28. The van der Waals surface area contributed by atoms with Crippen LogP contribution in [0.4, 0.5) is 13.2 Å². The van der Waals surface area contributed by atoms with E-state index in [2.05, 4.69) is 0 Å². The lowest BCUT2D eigenvalue weighted by Crippen LogP contribution is -2.41. The Kier molecular flexibility index (Phi) is 8.83.